The summed E-state index contributed by atoms with van der Waals surface area (Å²) >= 11 is 6.32. The number of benzene rings is 2. The number of methoxy groups -OCH3 is 1. The molecule has 0 heterocycles. The zero-order valence-electron chi connectivity index (χ0n) is 20.3. The third-order valence-corrected chi connectivity index (χ3v) is 6.31. The predicted octanol–water partition coefficient (Wildman–Crippen LogP) is 5.36. The Kier molecular flexibility index (Phi) is 10.8. The number of rotatable bonds is 11. The number of aliphatic hydroxyl groups is 1. The van der Waals surface area contributed by atoms with Crippen LogP contribution in [0.25, 0.3) is 0 Å². The van der Waals surface area contributed by atoms with Crippen molar-refractivity contribution in [3.05, 3.63) is 64.7 Å². The number of halogens is 4. The summed E-state index contributed by atoms with van der Waals surface area (Å²) in [5.41, 5.74) is 0.429. The quantitative estimate of drug-likeness (QED) is 0.423. The number of alkyl halides is 3. The molecule has 0 radical (unpaired) electrons. The van der Waals surface area contributed by atoms with E-state index in [9.17, 15) is 23.1 Å². The van der Waals surface area contributed by atoms with Gasteiger partial charge in [-0.15, -0.1) is 0 Å². The van der Waals surface area contributed by atoms with Crippen molar-refractivity contribution in [1.29, 1.82) is 0 Å². The van der Waals surface area contributed by atoms with Crippen molar-refractivity contribution >= 4 is 23.3 Å². The smallest absolute Gasteiger partial charge is 0.395 e. The minimum absolute atomic E-state index is 0.0159. The highest BCUT2D eigenvalue weighted by Gasteiger charge is 2.30. The second kappa shape index (κ2) is 13.1. The number of amides is 2. The number of aliphatic hydroxyl groups excluding tert-OH is 1. The summed E-state index contributed by atoms with van der Waals surface area (Å²) in [5.74, 6) is -0.0159. The Morgan fingerprint density at radius 1 is 1.11 bits per heavy atom. The number of ether oxygens (including phenoxy) is 1. The molecule has 0 aliphatic carbocycles. The van der Waals surface area contributed by atoms with Crippen molar-refractivity contribution in [3.63, 3.8) is 0 Å². The van der Waals surface area contributed by atoms with E-state index in [-0.39, 0.29) is 36.9 Å². The minimum Gasteiger partial charge on any atom is -0.395 e. The highest BCUT2D eigenvalue weighted by atomic mass is 35.5. The van der Waals surface area contributed by atoms with E-state index >= 15 is 0 Å². The molecule has 2 N–H and O–H groups in total. The normalized spacial score (nSPS) is 14.5. The van der Waals surface area contributed by atoms with Gasteiger partial charge in [0.2, 0.25) is 0 Å². The standard InChI is InChI=1S/C25H33ClF3N3O3/c1-17(13-32(18(2)16-33)14-19-7-5-6-8-22(19)26)23(35-4)15-31(3)24(34)30-21-11-9-20(10-12-21)25(27,28)29/h5-12,17-18,23,33H,13-16H2,1-4H3,(H,30,34)/t17-,18+,23-/m1/s1. The molecule has 2 aromatic rings. The first-order valence-electron chi connectivity index (χ1n) is 11.3. The molecule has 2 rings (SSSR count). The molecule has 2 aromatic carbocycles. The molecule has 35 heavy (non-hydrogen) atoms. The van der Waals surface area contributed by atoms with Crippen LogP contribution in [0.15, 0.2) is 48.5 Å². The van der Waals surface area contributed by atoms with Gasteiger partial charge in [0.15, 0.2) is 0 Å². The molecule has 10 heteroatoms. The summed E-state index contributed by atoms with van der Waals surface area (Å²) in [6.45, 7) is 5.29. The third kappa shape index (κ3) is 8.68. The van der Waals surface area contributed by atoms with Gasteiger partial charge in [-0.1, -0.05) is 36.7 Å². The van der Waals surface area contributed by atoms with Crippen LogP contribution in [-0.4, -0.2) is 66.9 Å². The average Bonchev–Trinajstić information content (AvgIpc) is 2.82. The van der Waals surface area contributed by atoms with Gasteiger partial charge in [0.25, 0.3) is 0 Å². The number of hydrogen-bond donors (Lipinski definition) is 2. The Hall–Kier alpha value is -2.33. The van der Waals surface area contributed by atoms with E-state index in [0.29, 0.717) is 18.1 Å². The van der Waals surface area contributed by atoms with Gasteiger partial charge in [-0.2, -0.15) is 13.2 Å². The SMILES string of the molecule is CO[C@H](CN(C)C(=O)Nc1ccc(C(F)(F)F)cc1)[C@H](C)CN(Cc1ccccc1Cl)[C@@H](C)CO. The minimum atomic E-state index is -4.44. The molecular weight excluding hydrogens is 483 g/mol. The van der Waals surface area contributed by atoms with Crippen molar-refractivity contribution in [1.82, 2.24) is 9.80 Å². The van der Waals surface area contributed by atoms with Crippen LogP contribution in [0.2, 0.25) is 5.02 Å². The zero-order valence-corrected chi connectivity index (χ0v) is 21.1. The van der Waals surface area contributed by atoms with Gasteiger partial charge in [-0.25, -0.2) is 4.79 Å². The van der Waals surface area contributed by atoms with Gasteiger partial charge in [0, 0.05) is 50.5 Å². The summed E-state index contributed by atoms with van der Waals surface area (Å²) in [4.78, 5) is 16.1. The van der Waals surface area contributed by atoms with Gasteiger partial charge in [-0.05, 0) is 48.7 Å². The summed E-state index contributed by atoms with van der Waals surface area (Å²) in [7, 11) is 3.16. The fourth-order valence-electron chi connectivity index (χ4n) is 3.65. The topological polar surface area (TPSA) is 65.0 Å². The molecule has 0 aliphatic rings. The number of anilines is 1. The molecular formula is C25H33ClF3N3O3. The van der Waals surface area contributed by atoms with Crippen LogP contribution in [0.1, 0.15) is 25.0 Å². The average molecular weight is 516 g/mol. The Morgan fingerprint density at radius 2 is 1.74 bits per heavy atom. The third-order valence-electron chi connectivity index (χ3n) is 5.94. The van der Waals surface area contributed by atoms with Crippen LogP contribution in [-0.2, 0) is 17.5 Å². The molecule has 0 saturated heterocycles. The highest BCUT2D eigenvalue weighted by Crippen LogP contribution is 2.30. The second-order valence-corrected chi connectivity index (χ2v) is 9.10. The van der Waals surface area contributed by atoms with Gasteiger partial charge in [0.1, 0.15) is 0 Å². The van der Waals surface area contributed by atoms with E-state index in [0.717, 1.165) is 17.7 Å². The van der Waals surface area contributed by atoms with Crippen LogP contribution in [0.5, 0.6) is 0 Å². The number of carbonyl (C=O) groups is 1. The maximum absolute atomic E-state index is 12.7. The molecule has 6 nitrogen and oxygen atoms in total. The second-order valence-electron chi connectivity index (χ2n) is 8.69. The molecule has 3 atom stereocenters. The zero-order chi connectivity index (χ0) is 26.2. The Morgan fingerprint density at radius 3 is 2.29 bits per heavy atom. The van der Waals surface area contributed by atoms with E-state index in [1.807, 2.05) is 38.1 Å². The molecule has 0 unspecified atom stereocenters. The summed E-state index contributed by atoms with van der Waals surface area (Å²) in [5, 5.41) is 13.0. The summed E-state index contributed by atoms with van der Waals surface area (Å²) in [6, 6.07) is 11.2. The number of likely N-dealkylation sites (N-methyl/N-ethyl adjacent to an activating group) is 1. The lowest BCUT2D eigenvalue weighted by atomic mass is 10.0. The van der Waals surface area contributed by atoms with Crippen LogP contribution in [0, 0.1) is 5.92 Å². The van der Waals surface area contributed by atoms with E-state index in [1.54, 1.807) is 14.2 Å². The summed E-state index contributed by atoms with van der Waals surface area (Å²) < 4.78 is 43.9. The summed E-state index contributed by atoms with van der Waals surface area (Å²) in [6.07, 6.45) is -4.76. The Labute approximate surface area is 209 Å². The van der Waals surface area contributed by atoms with Crippen LogP contribution in [0.3, 0.4) is 0 Å². The lowest BCUT2D eigenvalue weighted by Gasteiger charge is -2.34. The monoisotopic (exact) mass is 515 g/mol. The van der Waals surface area contributed by atoms with Crippen LogP contribution < -0.4 is 5.32 Å². The van der Waals surface area contributed by atoms with Gasteiger partial charge in [0.05, 0.1) is 18.3 Å². The maximum atomic E-state index is 12.7. The first-order chi connectivity index (χ1) is 16.5. The Bertz CT molecular complexity index is 944. The number of nitrogens with zero attached hydrogens (tertiary/aromatic N) is 2. The first kappa shape index (κ1) is 28.9. The fourth-order valence-corrected chi connectivity index (χ4v) is 3.85. The largest absolute Gasteiger partial charge is 0.416 e. The van der Waals surface area contributed by atoms with Crippen LogP contribution >= 0.6 is 11.6 Å². The van der Waals surface area contributed by atoms with Crippen molar-refractivity contribution < 1.29 is 27.8 Å². The number of hydrogen-bond acceptors (Lipinski definition) is 4. The molecule has 0 fully saturated rings. The molecule has 0 bridgehead atoms. The van der Waals surface area contributed by atoms with Gasteiger partial charge >= 0.3 is 12.2 Å². The van der Waals surface area contributed by atoms with Gasteiger partial charge < -0.3 is 20.1 Å². The predicted molar refractivity (Wildman–Crippen MR) is 131 cm³/mol. The molecule has 194 valence electrons. The maximum Gasteiger partial charge on any atom is 0.416 e. The van der Waals surface area contributed by atoms with Gasteiger partial charge in [-0.3, -0.25) is 4.90 Å². The van der Waals surface area contributed by atoms with Crippen molar-refractivity contribution in [2.24, 2.45) is 5.92 Å². The number of carbonyl (C=O) groups excluding carboxylic acids is 1. The molecule has 2 amide bonds. The van der Waals surface area contributed by atoms with Crippen molar-refractivity contribution in [2.75, 3.05) is 39.2 Å². The molecule has 0 spiro atoms. The van der Waals surface area contributed by atoms with E-state index in [2.05, 4.69) is 10.2 Å². The molecule has 0 aromatic heterocycles. The number of nitrogens with one attached hydrogen (secondary N) is 1. The van der Waals surface area contributed by atoms with E-state index < -0.39 is 17.8 Å². The molecule has 0 saturated carbocycles. The highest BCUT2D eigenvalue weighted by molar-refractivity contribution is 6.31. The van der Waals surface area contributed by atoms with Crippen molar-refractivity contribution in [2.45, 2.75) is 38.7 Å². The fraction of sp³-hybridized carbons (Fsp3) is 0.480. The Balaban J connectivity index is 2.00. The lowest BCUT2D eigenvalue weighted by Crippen LogP contribution is -2.45. The van der Waals surface area contributed by atoms with E-state index in [4.69, 9.17) is 16.3 Å². The lowest BCUT2D eigenvalue weighted by molar-refractivity contribution is -0.137. The first-order valence-corrected chi connectivity index (χ1v) is 11.6. The van der Waals surface area contributed by atoms with E-state index in [1.165, 1.54) is 17.0 Å². The number of urea groups is 1. The van der Waals surface area contributed by atoms with Crippen molar-refractivity contribution in [3.8, 4) is 0 Å². The molecule has 0 aliphatic heterocycles. The van der Waals surface area contributed by atoms with Crippen LogP contribution in [0.4, 0.5) is 23.7 Å².